The largest absolute Gasteiger partial charge is 0.386 e. The number of nitrogens with zero attached hydrogens (tertiary/aromatic N) is 1. The fourth-order valence-electron chi connectivity index (χ4n) is 2.17. The fraction of sp³-hybridized carbons (Fsp3) is 0.632. The molecule has 0 aliphatic heterocycles. The molecule has 0 saturated heterocycles. The molecule has 0 aliphatic carbocycles. The number of rotatable bonds is 13. The van der Waals surface area contributed by atoms with Crippen molar-refractivity contribution in [2.75, 3.05) is 46.1 Å². The van der Waals surface area contributed by atoms with Crippen LogP contribution in [0.3, 0.4) is 0 Å². The summed E-state index contributed by atoms with van der Waals surface area (Å²) in [6.07, 6.45) is 1.22. The van der Waals surface area contributed by atoms with Gasteiger partial charge in [-0.3, -0.25) is 4.99 Å². The van der Waals surface area contributed by atoms with Gasteiger partial charge in [-0.2, -0.15) is 0 Å². The lowest BCUT2D eigenvalue weighted by atomic mass is 10.1. The quantitative estimate of drug-likeness (QED) is 0.282. The van der Waals surface area contributed by atoms with Crippen LogP contribution in [0.5, 0.6) is 0 Å². The van der Waals surface area contributed by atoms with Crippen molar-refractivity contribution in [3.05, 3.63) is 35.6 Å². The Bertz CT molecular complexity index is 515. The predicted molar refractivity (Wildman–Crippen MR) is 102 cm³/mol. The molecule has 0 saturated carbocycles. The number of nitrogens with one attached hydrogen (secondary N) is 2. The highest BCUT2D eigenvalue weighted by Crippen LogP contribution is 2.16. The highest BCUT2D eigenvalue weighted by Gasteiger charge is 2.11. The van der Waals surface area contributed by atoms with Gasteiger partial charge in [0.2, 0.25) is 0 Å². The monoisotopic (exact) mass is 369 g/mol. The maximum Gasteiger partial charge on any atom is 0.191 e. The molecule has 1 atom stereocenters. The van der Waals surface area contributed by atoms with Gasteiger partial charge in [0.25, 0.3) is 0 Å². The molecule has 0 amide bonds. The van der Waals surface area contributed by atoms with Gasteiger partial charge in [-0.1, -0.05) is 31.5 Å². The Labute approximate surface area is 155 Å². The molecule has 1 aromatic rings. The number of hydrogen-bond donors (Lipinski definition) is 3. The second-order valence-corrected chi connectivity index (χ2v) is 5.76. The van der Waals surface area contributed by atoms with E-state index in [1.54, 1.807) is 18.2 Å². The van der Waals surface area contributed by atoms with Gasteiger partial charge in [0.15, 0.2) is 5.96 Å². The number of unbranched alkanes of at least 4 members (excludes halogenated alkanes) is 1. The normalized spacial score (nSPS) is 12.8. The molecule has 0 aromatic heterocycles. The summed E-state index contributed by atoms with van der Waals surface area (Å²) in [5, 5.41) is 16.3. The third-order valence-corrected chi connectivity index (χ3v) is 3.58. The number of hydrogen-bond acceptors (Lipinski definition) is 4. The van der Waals surface area contributed by atoms with Crippen molar-refractivity contribution in [1.29, 1.82) is 0 Å². The van der Waals surface area contributed by atoms with Crippen LogP contribution in [-0.2, 0) is 9.47 Å². The summed E-state index contributed by atoms with van der Waals surface area (Å²) in [7, 11) is 0. The highest BCUT2D eigenvalue weighted by atomic mass is 19.1. The minimum Gasteiger partial charge on any atom is -0.386 e. The summed E-state index contributed by atoms with van der Waals surface area (Å²) in [5.41, 5.74) is 0.249. The van der Waals surface area contributed by atoms with Crippen LogP contribution in [-0.4, -0.2) is 57.1 Å². The minimum absolute atomic E-state index is 0.0718. The summed E-state index contributed by atoms with van der Waals surface area (Å²) >= 11 is 0. The van der Waals surface area contributed by atoms with Crippen molar-refractivity contribution < 1.29 is 19.0 Å². The molecule has 0 aliphatic rings. The summed E-state index contributed by atoms with van der Waals surface area (Å²) in [6.45, 7) is 7.89. The van der Waals surface area contributed by atoms with Gasteiger partial charge in [0, 0.05) is 25.3 Å². The Morgan fingerprint density at radius 2 is 1.85 bits per heavy atom. The van der Waals surface area contributed by atoms with Crippen molar-refractivity contribution in [3.8, 4) is 0 Å². The molecule has 0 spiro atoms. The van der Waals surface area contributed by atoms with E-state index in [0.29, 0.717) is 38.9 Å². The molecule has 7 heteroatoms. The van der Waals surface area contributed by atoms with Crippen molar-refractivity contribution in [2.24, 2.45) is 4.99 Å². The maximum atomic E-state index is 13.7. The Kier molecular flexibility index (Phi) is 12.4. The van der Waals surface area contributed by atoms with Gasteiger partial charge in [-0.05, 0) is 19.4 Å². The Hall–Kier alpha value is -1.70. The summed E-state index contributed by atoms with van der Waals surface area (Å²) in [4.78, 5) is 4.30. The van der Waals surface area contributed by atoms with E-state index in [2.05, 4.69) is 22.5 Å². The van der Waals surface area contributed by atoms with Crippen LogP contribution >= 0.6 is 0 Å². The van der Waals surface area contributed by atoms with Crippen molar-refractivity contribution in [2.45, 2.75) is 32.8 Å². The molecular weight excluding hydrogens is 337 g/mol. The van der Waals surface area contributed by atoms with Gasteiger partial charge in [-0.25, -0.2) is 4.39 Å². The van der Waals surface area contributed by atoms with Gasteiger partial charge in [0.05, 0.1) is 26.4 Å². The average molecular weight is 369 g/mol. The van der Waals surface area contributed by atoms with Gasteiger partial charge >= 0.3 is 0 Å². The van der Waals surface area contributed by atoms with E-state index in [-0.39, 0.29) is 12.1 Å². The van der Waals surface area contributed by atoms with E-state index in [0.717, 1.165) is 19.4 Å². The third kappa shape index (κ3) is 9.70. The number of aliphatic imine (C=N–C) groups is 1. The molecule has 0 radical (unpaired) electrons. The SMILES string of the molecule is CCCCOCCOCCNC(=NCC(O)c1ccccc1F)NCC. The lowest BCUT2D eigenvalue weighted by Crippen LogP contribution is -2.39. The van der Waals surface area contributed by atoms with Crippen LogP contribution in [0.2, 0.25) is 0 Å². The molecule has 26 heavy (non-hydrogen) atoms. The second kappa shape index (κ2) is 14.5. The first-order valence-electron chi connectivity index (χ1n) is 9.29. The first-order chi connectivity index (χ1) is 12.7. The molecule has 0 fully saturated rings. The number of guanidine groups is 1. The van der Waals surface area contributed by atoms with E-state index < -0.39 is 11.9 Å². The van der Waals surface area contributed by atoms with Crippen molar-refractivity contribution in [1.82, 2.24) is 10.6 Å². The predicted octanol–water partition coefficient (Wildman–Crippen LogP) is 2.25. The molecule has 1 aromatic carbocycles. The Morgan fingerprint density at radius 3 is 2.54 bits per heavy atom. The number of aliphatic hydroxyl groups excluding tert-OH is 1. The van der Waals surface area contributed by atoms with Gasteiger partial charge < -0.3 is 25.2 Å². The van der Waals surface area contributed by atoms with E-state index in [1.807, 2.05) is 6.92 Å². The third-order valence-electron chi connectivity index (χ3n) is 3.58. The van der Waals surface area contributed by atoms with Crippen LogP contribution in [0.1, 0.15) is 38.4 Å². The lowest BCUT2D eigenvalue weighted by Gasteiger charge is -2.14. The lowest BCUT2D eigenvalue weighted by molar-refractivity contribution is 0.0487. The molecule has 0 heterocycles. The zero-order valence-electron chi connectivity index (χ0n) is 15.8. The zero-order chi connectivity index (χ0) is 19.0. The summed E-state index contributed by atoms with van der Waals surface area (Å²) < 4.78 is 24.6. The van der Waals surface area contributed by atoms with Crippen LogP contribution in [0.25, 0.3) is 0 Å². The van der Waals surface area contributed by atoms with Gasteiger partial charge in [-0.15, -0.1) is 0 Å². The van der Waals surface area contributed by atoms with E-state index in [9.17, 15) is 9.50 Å². The molecule has 1 rings (SSSR count). The maximum absolute atomic E-state index is 13.7. The number of aliphatic hydroxyl groups is 1. The molecule has 6 nitrogen and oxygen atoms in total. The van der Waals surface area contributed by atoms with E-state index >= 15 is 0 Å². The van der Waals surface area contributed by atoms with Crippen molar-refractivity contribution in [3.63, 3.8) is 0 Å². The number of ether oxygens (including phenoxy) is 2. The van der Waals surface area contributed by atoms with Crippen LogP contribution in [0, 0.1) is 5.82 Å². The number of benzene rings is 1. The molecule has 0 bridgehead atoms. The molecule has 1 unspecified atom stereocenters. The number of halogens is 1. The van der Waals surface area contributed by atoms with Crippen LogP contribution < -0.4 is 10.6 Å². The second-order valence-electron chi connectivity index (χ2n) is 5.76. The average Bonchev–Trinajstić information content (AvgIpc) is 2.64. The molecular formula is C19H32FN3O3. The molecule has 148 valence electrons. The first-order valence-corrected chi connectivity index (χ1v) is 9.29. The standard InChI is InChI=1S/C19H32FN3O3/c1-3-5-11-25-13-14-26-12-10-22-19(21-4-2)23-15-18(24)16-8-6-7-9-17(16)20/h6-9,18,24H,3-5,10-15H2,1-2H3,(H2,21,22,23). The summed E-state index contributed by atoms with van der Waals surface area (Å²) in [5.74, 6) is 0.133. The Balaban J connectivity index is 2.27. The van der Waals surface area contributed by atoms with E-state index in [1.165, 1.54) is 6.07 Å². The zero-order valence-corrected chi connectivity index (χ0v) is 15.8. The smallest absolute Gasteiger partial charge is 0.191 e. The fourth-order valence-corrected chi connectivity index (χ4v) is 2.17. The van der Waals surface area contributed by atoms with Crippen LogP contribution in [0.4, 0.5) is 4.39 Å². The first kappa shape index (κ1) is 22.3. The van der Waals surface area contributed by atoms with Crippen LogP contribution in [0.15, 0.2) is 29.3 Å². The minimum atomic E-state index is -0.983. The Morgan fingerprint density at radius 1 is 1.12 bits per heavy atom. The van der Waals surface area contributed by atoms with Gasteiger partial charge in [0.1, 0.15) is 11.9 Å². The van der Waals surface area contributed by atoms with E-state index in [4.69, 9.17) is 9.47 Å². The van der Waals surface area contributed by atoms with Crippen molar-refractivity contribution >= 4 is 5.96 Å². The summed E-state index contributed by atoms with van der Waals surface area (Å²) in [6, 6.07) is 6.18. The molecule has 3 N–H and O–H groups in total. The topological polar surface area (TPSA) is 75.1 Å². The highest BCUT2D eigenvalue weighted by molar-refractivity contribution is 5.79.